The molecule has 0 aliphatic heterocycles. The number of carbonyl (C=O) groups is 1. The molecule has 0 bridgehead atoms. The zero-order valence-corrected chi connectivity index (χ0v) is 20.3. The number of Topliss-reactive ketones (excluding diaryl/α,β-unsaturated/α-hetero) is 1. The van der Waals surface area contributed by atoms with E-state index in [2.05, 4.69) is 10.2 Å². The molecule has 2 heterocycles. The molecule has 0 saturated carbocycles. The first-order chi connectivity index (χ1) is 17.0. The van der Waals surface area contributed by atoms with Gasteiger partial charge in [0.2, 0.25) is 0 Å². The largest absolute Gasteiger partial charge is 0.493 e. The number of aromatic nitrogens is 4. The molecule has 180 valence electrons. The van der Waals surface area contributed by atoms with Gasteiger partial charge in [0.1, 0.15) is 0 Å². The monoisotopic (exact) mass is 474 g/mol. The Hall–Kier alpha value is -4.14. The SMILES string of the molecule is COc1ccc(-c2c(C)nn3c4c(nnc23)C(=O)C[C@H](c2ccc(OC)c(OC)c2)C4)cc1OC. The Morgan fingerprint density at radius 2 is 1.49 bits per heavy atom. The molecule has 1 aliphatic carbocycles. The fraction of sp³-hybridized carbons (Fsp3) is 0.308. The molecule has 5 rings (SSSR count). The van der Waals surface area contributed by atoms with Crippen LogP contribution in [0.15, 0.2) is 36.4 Å². The second-order valence-electron chi connectivity index (χ2n) is 8.40. The minimum absolute atomic E-state index is 0.0451. The third-order valence-electron chi connectivity index (χ3n) is 6.50. The van der Waals surface area contributed by atoms with Crippen LogP contribution in [-0.4, -0.2) is 54.0 Å². The molecule has 1 aliphatic rings. The molecule has 0 fully saturated rings. The second-order valence-corrected chi connectivity index (χ2v) is 8.40. The van der Waals surface area contributed by atoms with Crippen molar-refractivity contribution in [1.82, 2.24) is 19.8 Å². The van der Waals surface area contributed by atoms with Crippen molar-refractivity contribution in [2.24, 2.45) is 0 Å². The molecule has 9 heteroatoms. The summed E-state index contributed by atoms with van der Waals surface area (Å²) in [6.07, 6.45) is 0.931. The van der Waals surface area contributed by atoms with Crippen molar-refractivity contribution in [2.45, 2.75) is 25.7 Å². The zero-order valence-electron chi connectivity index (χ0n) is 20.3. The number of hydrogen-bond donors (Lipinski definition) is 0. The highest BCUT2D eigenvalue weighted by molar-refractivity contribution is 5.97. The van der Waals surface area contributed by atoms with Crippen LogP contribution < -0.4 is 18.9 Å². The Labute approximate surface area is 202 Å². The number of ketones is 1. The summed E-state index contributed by atoms with van der Waals surface area (Å²) < 4.78 is 23.4. The van der Waals surface area contributed by atoms with E-state index in [1.54, 1.807) is 33.0 Å². The number of ether oxygens (including phenoxy) is 4. The first kappa shape index (κ1) is 22.6. The summed E-state index contributed by atoms with van der Waals surface area (Å²) >= 11 is 0. The third kappa shape index (κ3) is 3.73. The smallest absolute Gasteiger partial charge is 0.185 e. The molecule has 35 heavy (non-hydrogen) atoms. The molecule has 9 nitrogen and oxygen atoms in total. The summed E-state index contributed by atoms with van der Waals surface area (Å²) in [6.45, 7) is 1.92. The molecule has 1 atom stereocenters. The molecule has 0 saturated heterocycles. The number of methoxy groups -OCH3 is 4. The minimum Gasteiger partial charge on any atom is -0.493 e. The van der Waals surface area contributed by atoms with Crippen molar-refractivity contribution in [3.05, 3.63) is 59.0 Å². The van der Waals surface area contributed by atoms with Gasteiger partial charge in [0.05, 0.1) is 45.4 Å². The van der Waals surface area contributed by atoms with E-state index in [1.807, 2.05) is 43.3 Å². The number of rotatable bonds is 6. The molecule has 0 unspecified atom stereocenters. The lowest BCUT2D eigenvalue weighted by molar-refractivity contribution is 0.0955. The van der Waals surface area contributed by atoms with E-state index in [0.29, 0.717) is 47.2 Å². The molecule has 0 spiro atoms. The molecular weight excluding hydrogens is 448 g/mol. The van der Waals surface area contributed by atoms with Gasteiger partial charge in [-0.25, -0.2) is 4.52 Å². The Balaban J connectivity index is 1.61. The van der Waals surface area contributed by atoms with Gasteiger partial charge in [-0.2, -0.15) is 5.10 Å². The van der Waals surface area contributed by atoms with E-state index in [1.165, 1.54) is 0 Å². The summed E-state index contributed by atoms with van der Waals surface area (Å²) in [7, 11) is 6.40. The number of fused-ring (bicyclic) bond motifs is 3. The van der Waals surface area contributed by atoms with Gasteiger partial charge in [-0.3, -0.25) is 4.79 Å². The predicted octanol–water partition coefficient (Wildman–Crippen LogP) is 4.05. The van der Waals surface area contributed by atoms with Gasteiger partial charge in [-0.05, 0) is 54.7 Å². The quantitative estimate of drug-likeness (QED) is 0.413. The standard InChI is InChI=1S/C26H26N4O5/c1-14-24(16-7-9-21(33-3)23(13-16)35-5)26-28-27-25-18(30(26)29-14)10-17(11-19(25)31)15-6-8-20(32-2)22(12-15)34-4/h6-9,12-13,17H,10-11H2,1-5H3/t17-/m1/s1. The van der Waals surface area contributed by atoms with E-state index in [9.17, 15) is 4.79 Å². The van der Waals surface area contributed by atoms with Crippen LogP contribution >= 0.6 is 0 Å². The first-order valence-electron chi connectivity index (χ1n) is 11.2. The van der Waals surface area contributed by atoms with E-state index >= 15 is 0 Å². The van der Waals surface area contributed by atoms with E-state index < -0.39 is 0 Å². The minimum atomic E-state index is -0.0544. The van der Waals surface area contributed by atoms with Crippen LogP contribution in [0, 0.1) is 6.92 Å². The van der Waals surface area contributed by atoms with Crippen LogP contribution in [0.1, 0.15) is 39.8 Å². The van der Waals surface area contributed by atoms with Crippen molar-refractivity contribution in [3.8, 4) is 34.1 Å². The van der Waals surface area contributed by atoms with Gasteiger partial charge in [0.25, 0.3) is 0 Å². The summed E-state index contributed by atoms with van der Waals surface area (Å²) in [6, 6.07) is 11.4. The van der Waals surface area contributed by atoms with Crippen molar-refractivity contribution in [1.29, 1.82) is 0 Å². The van der Waals surface area contributed by atoms with Crippen LogP contribution in [0.2, 0.25) is 0 Å². The Morgan fingerprint density at radius 1 is 0.829 bits per heavy atom. The van der Waals surface area contributed by atoms with Gasteiger partial charge < -0.3 is 18.9 Å². The van der Waals surface area contributed by atoms with Gasteiger partial charge in [0, 0.05) is 6.42 Å². The highest BCUT2D eigenvalue weighted by Gasteiger charge is 2.32. The molecule has 4 aromatic rings. The lowest BCUT2D eigenvalue weighted by atomic mass is 9.83. The lowest BCUT2D eigenvalue weighted by Gasteiger charge is -2.24. The lowest BCUT2D eigenvalue weighted by Crippen LogP contribution is -2.24. The Kier molecular flexibility index (Phi) is 5.76. The number of nitrogens with zero attached hydrogens (tertiary/aromatic N) is 4. The fourth-order valence-corrected chi connectivity index (χ4v) is 4.75. The van der Waals surface area contributed by atoms with Crippen molar-refractivity contribution < 1.29 is 23.7 Å². The first-order valence-corrected chi connectivity index (χ1v) is 11.2. The number of benzene rings is 2. The third-order valence-corrected chi connectivity index (χ3v) is 6.50. The average molecular weight is 475 g/mol. The fourth-order valence-electron chi connectivity index (χ4n) is 4.75. The Morgan fingerprint density at radius 3 is 2.17 bits per heavy atom. The van der Waals surface area contributed by atoms with Crippen LogP contribution in [0.25, 0.3) is 16.8 Å². The maximum atomic E-state index is 13.1. The van der Waals surface area contributed by atoms with Crippen molar-refractivity contribution >= 4 is 11.4 Å². The second kappa shape index (κ2) is 8.90. The summed E-state index contributed by atoms with van der Waals surface area (Å²) in [4.78, 5) is 13.1. The molecule has 0 radical (unpaired) electrons. The molecule has 2 aromatic heterocycles. The summed E-state index contributed by atoms with van der Waals surface area (Å²) in [5, 5.41) is 13.5. The number of carbonyl (C=O) groups excluding carboxylic acids is 1. The van der Waals surface area contributed by atoms with Crippen molar-refractivity contribution in [3.63, 3.8) is 0 Å². The van der Waals surface area contributed by atoms with E-state index in [0.717, 1.165) is 28.1 Å². The molecule has 0 amide bonds. The van der Waals surface area contributed by atoms with Crippen molar-refractivity contribution in [2.75, 3.05) is 28.4 Å². The number of aryl methyl sites for hydroxylation is 1. The van der Waals surface area contributed by atoms with Gasteiger partial charge in [0.15, 0.2) is 40.1 Å². The molecule has 0 N–H and O–H groups in total. The van der Waals surface area contributed by atoms with E-state index in [-0.39, 0.29) is 11.7 Å². The maximum Gasteiger partial charge on any atom is 0.185 e. The van der Waals surface area contributed by atoms with Gasteiger partial charge >= 0.3 is 0 Å². The molecular formula is C26H26N4O5. The van der Waals surface area contributed by atoms with Crippen LogP contribution in [-0.2, 0) is 6.42 Å². The normalized spacial score (nSPS) is 15.1. The molecule has 2 aromatic carbocycles. The maximum absolute atomic E-state index is 13.1. The van der Waals surface area contributed by atoms with Crippen LogP contribution in [0.5, 0.6) is 23.0 Å². The van der Waals surface area contributed by atoms with Gasteiger partial charge in [-0.1, -0.05) is 12.1 Å². The van der Waals surface area contributed by atoms with E-state index in [4.69, 9.17) is 24.0 Å². The average Bonchev–Trinajstić information content (AvgIpc) is 3.23. The topological polar surface area (TPSA) is 97.1 Å². The van der Waals surface area contributed by atoms with Crippen LogP contribution in [0.4, 0.5) is 0 Å². The zero-order chi connectivity index (χ0) is 24.7. The summed E-state index contributed by atoms with van der Waals surface area (Å²) in [5.74, 6) is 2.43. The van der Waals surface area contributed by atoms with Crippen LogP contribution in [0.3, 0.4) is 0 Å². The Bertz CT molecular complexity index is 1450. The van der Waals surface area contributed by atoms with Gasteiger partial charge in [-0.15, -0.1) is 10.2 Å². The predicted molar refractivity (Wildman–Crippen MR) is 129 cm³/mol. The summed E-state index contributed by atoms with van der Waals surface area (Å²) in [5.41, 5.74) is 5.20. The highest BCUT2D eigenvalue weighted by atomic mass is 16.5. The number of hydrogen-bond acceptors (Lipinski definition) is 8. The highest BCUT2D eigenvalue weighted by Crippen LogP contribution is 2.39.